The van der Waals surface area contributed by atoms with Gasteiger partial charge in [0.1, 0.15) is 0 Å². The van der Waals surface area contributed by atoms with E-state index in [1.807, 2.05) is 0 Å². The molecule has 0 spiro atoms. The molecule has 0 bridgehead atoms. The van der Waals surface area contributed by atoms with E-state index in [1.165, 1.54) is 7.11 Å². The normalized spacial score (nSPS) is 14.7. The molecule has 0 aliphatic carbocycles. The average molecular weight is 228 g/mol. The number of ether oxygens (including phenoxy) is 1. The number of methoxy groups -OCH3 is 1. The van der Waals surface area contributed by atoms with Gasteiger partial charge >= 0.3 is 5.97 Å². The Balaban J connectivity index is 4.90. The van der Waals surface area contributed by atoms with Crippen molar-refractivity contribution < 1.29 is 9.53 Å². The molecule has 2 nitrogen and oxygen atoms in total. The molecular weight excluding hydrogens is 200 g/mol. The summed E-state index contributed by atoms with van der Waals surface area (Å²) < 4.78 is 4.95. The van der Waals surface area contributed by atoms with Gasteiger partial charge in [-0.2, -0.15) is 0 Å². The van der Waals surface area contributed by atoms with Crippen molar-refractivity contribution in [3.05, 3.63) is 0 Å². The highest BCUT2D eigenvalue weighted by Gasteiger charge is 2.38. The minimum atomic E-state index is -0.0617. The molecule has 1 unspecified atom stereocenters. The van der Waals surface area contributed by atoms with Gasteiger partial charge in [-0.25, -0.2) is 0 Å². The fourth-order valence-corrected chi connectivity index (χ4v) is 1.76. The van der Waals surface area contributed by atoms with Crippen molar-refractivity contribution >= 4 is 5.97 Å². The maximum atomic E-state index is 11.9. The molecule has 0 rings (SSSR count). The zero-order valence-corrected chi connectivity index (χ0v) is 12.0. The van der Waals surface area contributed by atoms with Crippen molar-refractivity contribution in [1.82, 2.24) is 0 Å². The lowest BCUT2D eigenvalue weighted by molar-refractivity contribution is -0.151. The van der Waals surface area contributed by atoms with Gasteiger partial charge in [-0.05, 0) is 17.3 Å². The molecule has 0 fully saturated rings. The summed E-state index contributed by atoms with van der Waals surface area (Å²) in [5, 5.41) is 0. The van der Waals surface area contributed by atoms with E-state index in [2.05, 4.69) is 41.5 Å². The first kappa shape index (κ1) is 15.5. The summed E-state index contributed by atoms with van der Waals surface area (Å²) >= 11 is 0. The van der Waals surface area contributed by atoms with Crippen LogP contribution in [0.25, 0.3) is 0 Å². The van der Waals surface area contributed by atoms with Gasteiger partial charge < -0.3 is 4.74 Å². The van der Waals surface area contributed by atoms with Crippen molar-refractivity contribution in [2.24, 2.45) is 16.7 Å². The number of hydrogen-bond donors (Lipinski definition) is 0. The Morgan fingerprint density at radius 3 is 1.94 bits per heavy atom. The monoisotopic (exact) mass is 228 g/mol. The van der Waals surface area contributed by atoms with Gasteiger partial charge in [0.05, 0.1) is 13.0 Å². The Hall–Kier alpha value is -0.530. The van der Waals surface area contributed by atoms with Gasteiger partial charge in [-0.3, -0.25) is 4.79 Å². The first-order valence-electron chi connectivity index (χ1n) is 6.28. The number of esters is 1. The van der Waals surface area contributed by atoms with E-state index in [0.717, 1.165) is 19.3 Å². The fraction of sp³-hybridized carbons (Fsp3) is 0.929. The molecule has 0 N–H and O–H groups in total. The van der Waals surface area contributed by atoms with Crippen LogP contribution in [0.2, 0.25) is 0 Å². The van der Waals surface area contributed by atoms with Gasteiger partial charge in [0, 0.05) is 0 Å². The van der Waals surface area contributed by atoms with Gasteiger partial charge in [0.25, 0.3) is 0 Å². The van der Waals surface area contributed by atoms with Crippen molar-refractivity contribution in [1.29, 1.82) is 0 Å². The maximum Gasteiger partial charge on any atom is 0.309 e. The Morgan fingerprint density at radius 2 is 1.62 bits per heavy atom. The SMILES string of the molecule is CCC(C)(C)CC(C(=O)OC)C(C)(C)CC. The first-order valence-corrected chi connectivity index (χ1v) is 6.28. The van der Waals surface area contributed by atoms with Gasteiger partial charge in [-0.1, -0.05) is 54.4 Å². The minimum Gasteiger partial charge on any atom is -0.469 e. The molecule has 0 aromatic carbocycles. The van der Waals surface area contributed by atoms with Crippen LogP contribution in [0.15, 0.2) is 0 Å². The Morgan fingerprint density at radius 1 is 1.12 bits per heavy atom. The molecule has 0 saturated carbocycles. The van der Waals surface area contributed by atoms with Crippen molar-refractivity contribution in [2.75, 3.05) is 7.11 Å². The molecule has 0 saturated heterocycles. The fourth-order valence-electron chi connectivity index (χ4n) is 1.76. The molecule has 0 aliphatic rings. The van der Waals surface area contributed by atoms with Gasteiger partial charge in [-0.15, -0.1) is 0 Å². The highest BCUT2D eigenvalue weighted by Crippen LogP contribution is 2.40. The van der Waals surface area contributed by atoms with E-state index in [9.17, 15) is 4.79 Å². The Bertz CT molecular complexity index is 229. The average Bonchev–Trinajstić information content (AvgIpc) is 2.24. The highest BCUT2D eigenvalue weighted by molar-refractivity contribution is 5.73. The van der Waals surface area contributed by atoms with E-state index in [4.69, 9.17) is 4.74 Å². The van der Waals surface area contributed by atoms with Crippen LogP contribution in [0.5, 0.6) is 0 Å². The minimum absolute atomic E-state index is 0.00236. The van der Waals surface area contributed by atoms with Gasteiger partial charge in [0.15, 0.2) is 0 Å². The topological polar surface area (TPSA) is 26.3 Å². The predicted octanol–water partition coefficient (Wildman–Crippen LogP) is 4.04. The van der Waals surface area contributed by atoms with Crippen LogP contribution in [0, 0.1) is 16.7 Å². The van der Waals surface area contributed by atoms with Crippen LogP contribution >= 0.6 is 0 Å². The third-order valence-electron chi connectivity index (χ3n) is 4.05. The predicted molar refractivity (Wildman–Crippen MR) is 68.3 cm³/mol. The molecular formula is C14H28O2. The summed E-state index contributed by atoms with van der Waals surface area (Å²) in [4.78, 5) is 11.9. The maximum absolute atomic E-state index is 11.9. The Labute approximate surface area is 101 Å². The van der Waals surface area contributed by atoms with E-state index >= 15 is 0 Å². The molecule has 1 atom stereocenters. The summed E-state index contributed by atoms with van der Waals surface area (Å²) in [6.45, 7) is 13.0. The van der Waals surface area contributed by atoms with E-state index < -0.39 is 0 Å². The third kappa shape index (κ3) is 4.15. The molecule has 0 radical (unpaired) electrons. The second-order valence-electron chi connectivity index (χ2n) is 6.14. The molecule has 0 aromatic heterocycles. The molecule has 0 amide bonds. The number of carbonyl (C=O) groups excluding carboxylic acids is 1. The second kappa shape index (κ2) is 5.70. The van der Waals surface area contributed by atoms with E-state index in [0.29, 0.717) is 0 Å². The quantitative estimate of drug-likeness (QED) is 0.641. The van der Waals surface area contributed by atoms with Crippen LogP contribution in [0.1, 0.15) is 60.8 Å². The lowest BCUT2D eigenvalue weighted by atomic mass is 9.68. The Kier molecular flexibility index (Phi) is 5.51. The van der Waals surface area contributed by atoms with Crippen LogP contribution in [-0.4, -0.2) is 13.1 Å². The summed E-state index contributed by atoms with van der Waals surface area (Å²) in [5.74, 6) is -0.0641. The van der Waals surface area contributed by atoms with Crippen LogP contribution < -0.4 is 0 Å². The summed E-state index contributed by atoms with van der Waals surface area (Å²) in [5.41, 5.74) is 0.213. The second-order valence-corrected chi connectivity index (χ2v) is 6.14. The van der Waals surface area contributed by atoms with Gasteiger partial charge in [0.2, 0.25) is 0 Å². The van der Waals surface area contributed by atoms with Crippen molar-refractivity contribution in [3.8, 4) is 0 Å². The highest BCUT2D eigenvalue weighted by atomic mass is 16.5. The zero-order chi connectivity index (χ0) is 13.0. The number of rotatable bonds is 6. The van der Waals surface area contributed by atoms with Crippen LogP contribution in [-0.2, 0) is 9.53 Å². The molecule has 0 heterocycles. The first-order chi connectivity index (χ1) is 7.20. The molecule has 96 valence electrons. The van der Waals surface area contributed by atoms with E-state index in [1.54, 1.807) is 0 Å². The molecule has 2 heteroatoms. The summed E-state index contributed by atoms with van der Waals surface area (Å²) in [7, 11) is 1.49. The zero-order valence-electron chi connectivity index (χ0n) is 12.0. The molecule has 0 aliphatic heterocycles. The van der Waals surface area contributed by atoms with Crippen LogP contribution in [0.4, 0.5) is 0 Å². The number of hydrogen-bond acceptors (Lipinski definition) is 2. The lowest BCUT2D eigenvalue weighted by Gasteiger charge is -2.36. The lowest BCUT2D eigenvalue weighted by Crippen LogP contribution is -2.35. The summed E-state index contributed by atoms with van der Waals surface area (Å²) in [6, 6.07) is 0. The summed E-state index contributed by atoms with van der Waals surface area (Å²) in [6.07, 6.45) is 2.98. The molecule has 16 heavy (non-hydrogen) atoms. The third-order valence-corrected chi connectivity index (χ3v) is 4.05. The standard InChI is InChI=1S/C14H28O2/c1-8-13(3,4)10-11(12(15)16-7)14(5,6)9-2/h11H,8-10H2,1-7H3. The largest absolute Gasteiger partial charge is 0.469 e. The number of carbonyl (C=O) groups is 1. The smallest absolute Gasteiger partial charge is 0.309 e. The molecule has 0 aromatic rings. The van der Waals surface area contributed by atoms with Crippen molar-refractivity contribution in [3.63, 3.8) is 0 Å². The van der Waals surface area contributed by atoms with E-state index in [-0.39, 0.29) is 22.7 Å². The van der Waals surface area contributed by atoms with Crippen molar-refractivity contribution in [2.45, 2.75) is 60.8 Å². The van der Waals surface area contributed by atoms with Crippen LogP contribution in [0.3, 0.4) is 0 Å².